The van der Waals surface area contributed by atoms with E-state index in [0.717, 1.165) is 27.3 Å². The lowest BCUT2D eigenvalue weighted by Gasteiger charge is -2.03. The highest BCUT2D eigenvalue weighted by Gasteiger charge is 2.25. The molecule has 1 aromatic heterocycles. The predicted molar refractivity (Wildman–Crippen MR) is 92.8 cm³/mol. The van der Waals surface area contributed by atoms with Crippen LogP contribution in [0.1, 0.15) is 0 Å². The van der Waals surface area contributed by atoms with E-state index in [1.54, 1.807) is 13.2 Å². The van der Waals surface area contributed by atoms with Gasteiger partial charge in [-0.3, -0.25) is 10.1 Å². The molecule has 0 spiro atoms. The van der Waals surface area contributed by atoms with Crippen LogP contribution >= 0.6 is 11.3 Å². The summed E-state index contributed by atoms with van der Waals surface area (Å²) in [5.41, 5.74) is 2.70. The molecule has 5 heteroatoms. The minimum absolute atomic E-state index is 0.122. The van der Waals surface area contributed by atoms with Gasteiger partial charge in [0.25, 0.3) is 0 Å². The summed E-state index contributed by atoms with van der Waals surface area (Å²) in [7, 11) is 1.61. The lowest BCUT2D eigenvalue weighted by Crippen LogP contribution is -1.88. The van der Waals surface area contributed by atoms with Crippen LogP contribution in [0.25, 0.3) is 21.6 Å². The summed E-state index contributed by atoms with van der Waals surface area (Å²) in [5.74, 6) is 0.755. The van der Waals surface area contributed by atoms with Crippen LogP contribution in [0.4, 0.5) is 5.00 Å². The third kappa shape index (κ3) is 3.35. The van der Waals surface area contributed by atoms with Crippen molar-refractivity contribution in [2.75, 3.05) is 7.11 Å². The van der Waals surface area contributed by atoms with Crippen molar-refractivity contribution in [3.63, 3.8) is 0 Å². The molecule has 0 radical (unpaired) electrons. The molecule has 0 bridgehead atoms. The van der Waals surface area contributed by atoms with Gasteiger partial charge in [0, 0.05) is 11.6 Å². The van der Waals surface area contributed by atoms with Crippen molar-refractivity contribution in [3.05, 3.63) is 76.8 Å². The van der Waals surface area contributed by atoms with Crippen LogP contribution < -0.4 is 4.74 Å². The molecule has 0 aliphatic carbocycles. The molecular weight excluding hydrogens is 310 g/mol. The number of nitro groups is 1. The monoisotopic (exact) mass is 324 g/mol. The maximum absolute atomic E-state index is 11.3. The molecule has 0 unspecified atom stereocenters. The summed E-state index contributed by atoms with van der Waals surface area (Å²) >= 11 is 1.18. The average molecular weight is 324 g/mol. The van der Waals surface area contributed by atoms with Gasteiger partial charge in [0.05, 0.1) is 13.2 Å². The number of benzene rings is 2. The van der Waals surface area contributed by atoms with Gasteiger partial charge in [-0.25, -0.2) is 0 Å². The highest BCUT2D eigenvalue weighted by molar-refractivity contribution is 7.18. The van der Waals surface area contributed by atoms with Crippen molar-refractivity contribution in [2.45, 2.75) is 0 Å². The van der Waals surface area contributed by atoms with Crippen molar-refractivity contribution in [3.8, 4) is 27.3 Å². The van der Waals surface area contributed by atoms with E-state index < -0.39 is 0 Å². The first-order chi connectivity index (χ1) is 11.2. The van der Waals surface area contributed by atoms with E-state index >= 15 is 0 Å². The fourth-order valence-corrected chi connectivity index (χ4v) is 3.20. The second-order valence-corrected chi connectivity index (χ2v) is 5.96. The Hall–Kier alpha value is -2.79. The lowest BCUT2D eigenvalue weighted by atomic mass is 10.1. The van der Waals surface area contributed by atoms with Crippen molar-refractivity contribution < 1.29 is 9.66 Å². The smallest absolute Gasteiger partial charge is 0.497 e. The first-order valence-corrected chi connectivity index (χ1v) is 7.81. The highest BCUT2D eigenvalue weighted by atomic mass is 32.1. The van der Waals surface area contributed by atoms with E-state index in [4.69, 9.17) is 4.74 Å². The molecule has 23 heavy (non-hydrogen) atoms. The van der Waals surface area contributed by atoms with Crippen LogP contribution in [-0.2, 0) is 0 Å². The maximum Gasteiger partial charge on any atom is 0.517 e. The third-order valence-electron chi connectivity index (χ3n) is 3.44. The summed E-state index contributed by atoms with van der Waals surface area (Å²) < 4.78 is 5.15. The average Bonchev–Trinajstić information content (AvgIpc) is 2.62. The third-order valence-corrected chi connectivity index (χ3v) is 4.49. The van der Waals surface area contributed by atoms with Crippen molar-refractivity contribution in [1.82, 2.24) is 0 Å². The van der Waals surface area contributed by atoms with Gasteiger partial charge in [-0.1, -0.05) is 30.3 Å². The Morgan fingerprint density at radius 2 is 1.61 bits per heavy atom. The number of nitrogens with zero attached hydrogens (tertiary/aromatic N) is 1. The number of rotatable bonds is 4. The quantitative estimate of drug-likeness (QED) is 0.373. The van der Waals surface area contributed by atoms with Crippen LogP contribution in [0, 0.1) is 10.1 Å². The Labute approximate surface area is 137 Å². The second kappa shape index (κ2) is 6.54. The Morgan fingerprint density at radius 3 is 2.22 bits per heavy atom. The van der Waals surface area contributed by atoms with Crippen LogP contribution in [0.3, 0.4) is 0 Å². The molecule has 0 aliphatic heterocycles. The van der Waals surface area contributed by atoms with E-state index in [0.29, 0.717) is 0 Å². The van der Waals surface area contributed by atoms with Crippen molar-refractivity contribution in [1.29, 1.82) is 0 Å². The molecule has 114 valence electrons. The van der Waals surface area contributed by atoms with E-state index in [-0.39, 0.29) is 9.92 Å². The molecule has 3 aromatic rings. The van der Waals surface area contributed by atoms with Crippen LogP contribution in [0.2, 0.25) is 0 Å². The molecule has 0 amide bonds. The van der Waals surface area contributed by atoms with Crippen LogP contribution in [0.15, 0.2) is 66.7 Å². The molecule has 0 aliphatic rings. The molecule has 0 N–H and O–H groups in total. The Morgan fingerprint density at radius 1 is 0.913 bits per heavy atom. The van der Waals surface area contributed by atoms with Gasteiger partial charge < -0.3 is 4.74 Å². The van der Waals surface area contributed by atoms with Crippen LogP contribution in [0.5, 0.6) is 5.75 Å². The number of hydrogen-bond acceptors (Lipinski definition) is 3. The minimum Gasteiger partial charge on any atom is -0.497 e. The molecule has 0 fully saturated rings. The summed E-state index contributed by atoms with van der Waals surface area (Å²) in [5, 5.41) is 11.4. The zero-order valence-corrected chi connectivity index (χ0v) is 13.2. The van der Waals surface area contributed by atoms with E-state index in [9.17, 15) is 10.1 Å². The van der Waals surface area contributed by atoms with E-state index in [1.165, 1.54) is 11.3 Å². The zero-order valence-electron chi connectivity index (χ0n) is 12.4. The van der Waals surface area contributed by atoms with Crippen LogP contribution in [-0.4, -0.2) is 12.0 Å². The van der Waals surface area contributed by atoms with Gasteiger partial charge in [-0.05, 0) is 35.4 Å². The molecule has 1 heterocycles. The predicted octanol–water partition coefficient (Wildman–Crippen LogP) is 5.28. The molecule has 0 saturated heterocycles. The number of methoxy groups -OCH3 is 1. The van der Waals surface area contributed by atoms with Gasteiger partial charge in [-0.2, -0.15) is 0 Å². The molecule has 0 saturated carbocycles. The number of hydrogen-bond donors (Lipinski definition) is 0. The molecule has 4 nitrogen and oxygen atoms in total. The summed E-state index contributed by atoms with van der Waals surface area (Å²) in [6, 6.07) is 20.8. The van der Waals surface area contributed by atoms with Gasteiger partial charge in [-0.15, -0.1) is 0 Å². The molecule has 2 aromatic carbocycles. The molecule has 3 rings (SSSR count). The topological polar surface area (TPSA) is 52.4 Å². The van der Waals surface area contributed by atoms with Gasteiger partial charge in [0.1, 0.15) is 10.7 Å². The van der Waals surface area contributed by atoms with Gasteiger partial charge in [0.15, 0.2) is 0 Å². The highest BCUT2D eigenvalue weighted by Crippen LogP contribution is 2.36. The van der Waals surface area contributed by atoms with Crippen molar-refractivity contribution in [2.24, 2.45) is 0 Å². The fourth-order valence-electron chi connectivity index (χ4n) is 2.27. The summed E-state index contributed by atoms with van der Waals surface area (Å²) in [6.07, 6.45) is 0. The summed E-state index contributed by atoms with van der Waals surface area (Å²) in [4.78, 5) is 11.8. The lowest BCUT2D eigenvalue weighted by molar-refractivity contribution is -0.380. The normalized spacial score (nSPS) is 10.3. The van der Waals surface area contributed by atoms with Gasteiger partial charge in [0.2, 0.25) is 4.88 Å². The second-order valence-electron chi connectivity index (χ2n) is 4.90. The van der Waals surface area contributed by atoms with Crippen molar-refractivity contribution >= 4 is 16.3 Å². The SMILES string of the molecule is COc1ccc(-c2cc(-c3ccccc3)[s+]c([N+](=O)[O-])c2)cc1. The minimum atomic E-state index is -0.343. The molecular formula is C18H14NO3S+. The first-order valence-electron chi connectivity index (χ1n) is 7.00. The molecule has 0 atom stereocenters. The zero-order chi connectivity index (χ0) is 16.2. The standard InChI is InChI=1S/C18H14NO3S/c1-22-16-9-7-13(8-10-16)15-11-17(14-5-3-2-4-6-14)23-18(12-15)19(20)21/h2-12H,1H3/q+1. The van der Waals surface area contributed by atoms with E-state index in [1.807, 2.05) is 60.7 Å². The Kier molecular flexibility index (Phi) is 4.30. The van der Waals surface area contributed by atoms with Gasteiger partial charge >= 0.3 is 16.3 Å². The number of ether oxygens (including phenoxy) is 1. The Bertz CT molecular complexity index is 833. The van der Waals surface area contributed by atoms with E-state index in [2.05, 4.69) is 0 Å². The largest absolute Gasteiger partial charge is 0.517 e. The maximum atomic E-state index is 11.3. The summed E-state index contributed by atoms with van der Waals surface area (Å²) in [6.45, 7) is 0. The first kappa shape index (κ1) is 15.1. The Balaban J connectivity index is 2.12. The fraction of sp³-hybridized carbons (Fsp3) is 0.0556.